The molecule has 1 aromatic heterocycles. The normalized spacial score (nSPS) is 24.4. The second-order valence-corrected chi connectivity index (χ2v) is 10.7. The summed E-state index contributed by atoms with van der Waals surface area (Å²) in [6.45, 7) is 4.05. The van der Waals surface area contributed by atoms with E-state index < -0.39 is 15.1 Å². The van der Waals surface area contributed by atoms with E-state index in [0.29, 0.717) is 44.1 Å². The van der Waals surface area contributed by atoms with Gasteiger partial charge in [0.05, 0.1) is 37.8 Å². The Hall–Kier alpha value is -2.45. The monoisotopic (exact) mass is 441 g/mol. The van der Waals surface area contributed by atoms with Crippen molar-refractivity contribution in [3.05, 3.63) is 41.1 Å². The van der Waals surface area contributed by atoms with Gasteiger partial charge in [0.15, 0.2) is 15.7 Å². The average Bonchev–Trinajstić information content (AvgIpc) is 3.38. The zero-order valence-corrected chi connectivity index (χ0v) is 18.7. The molecule has 0 amide bonds. The van der Waals surface area contributed by atoms with Gasteiger partial charge in [-0.2, -0.15) is 0 Å². The number of methoxy groups -OCH3 is 1. The fraction of sp³-hybridized carbons (Fsp3) is 0.478. The van der Waals surface area contributed by atoms with Crippen molar-refractivity contribution >= 4 is 21.7 Å². The van der Waals surface area contributed by atoms with E-state index in [1.165, 1.54) is 0 Å². The van der Waals surface area contributed by atoms with Crippen molar-refractivity contribution in [2.75, 3.05) is 37.5 Å². The van der Waals surface area contributed by atoms with Crippen LogP contribution in [-0.4, -0.2) is 57.0 Å². The molecule has 7 nitrogen and oxygen atoms in total. The minimum absolute atomic E-state index is 0.153. The third-order valence-corrected chi connectivity index (χ3v) is 8.59. The number of rotatable bonds is 4. The molecule has 5 rings (SSSR count). The van der Waals surface area contributed by atoms with Crippen molar-refractivity contribution in [1.82, 2.24) is 9.97 Å². The standard InChI is InChI=1S/C23H27N3O4S/c1-15-14-30-9-8-26(15)22-13-20(21-7-4-10-31(21,27)28)24-23(25-22)19-12-17(29-2)11-16-5-3-6-18(16)19/h3,6,11-13,15,21H,4-5,7-10,14H2,1-2H3/t15-,21?/m1/s1. The first-order chi connectivity index (χ1) is 15.0. The highest BCUT2D eigenvalue weighted by molar-refractivity contribution is 7.91. The Kier molecular flexibility index (Phi) is 5.22. The molecule has 2 saturated heterocycles. The predicted molar refractivity (Wildman–Crippen MR) is 120 cm³/mol. The van der Waals surface area contributed by atoms with Crippen LogP contribution in [0.2, 0.25) is 0 Å². The van der Waals surface area contributed by atoms with E-state index in [0.717, 1.165) is 34.7 Å². The molecule has 31 heavy (non-hydrogen) atoms. The summed E-state index contributed by atoms with van der Waals surface area (Å²) in [6, 6.07) is 6.01. The van der Waals surface area contributed by atoms with E-state index in [1.54, 1.807) is 7.11 Å². The average molecular weight is 442 g/mol. The molecule has 1 aliphatic carbocycles. The summed E-state index contributed by atoms with van der Waals surface area (Å²) in [4.78, 5) is 11.9. The maximum Gasteiger partial charge on any atom is 0.162 e. The van der Waals surface area contributed by atoms with Gasteiger partial charge >= 0.3 is 0 Å². The molecule has 8 heteroatoms. The van der Waals surface area contributed by atoms with Crippen LogP contribution in [0.3, 0.4) is 0 Å². The first-order valence-electron chi connectivity index (χ1n) is 10.8. The van der Waals surface area contributed by atoms with Gasteiger partial charge in [-0.05, 0) is 49.4 Å². The molecule has 2 fully saturated rings. The number of fused-ring (bicyclic) bond motifs is 1. The van der Waals surface area contributed by atoms with E-state index >= 15 is 0 Å². The van der Waals surface area contributed by atoms with Crippen molar-refractivity contribution in [1.29, 1.82) is 0 Å². The maximum absolute atomic E-state index is 12.7. The smallest absolute Gasteiger partial charge is 0.162 e. The third kappa shape index (κ3) is 3.72. The summed E-state index contributed by atoms with van der Waals surface area (Å²) >= 11 is 0. The number of benzene rings is 1. The van der Waals surface area contributed by atoms with Gasteiger partial charge in [-0.1, -0.05) is 12.2 Å². The lowest BCUT2D eigenvalue weighted by atomic mass is 10.0. The van der Waals surface area contributed by atoms with Crippen LogP contribution in [0.4, 0.5) is 5.82 Å². The Morgan fingerprint density at radius 1 is 1.23 bits per heavy atom. The number of hydrogen-bond acceptors (Lipinski definition) is 7. The van der Waals surface area contributed by atoms with Crippen LogP contribution in [0.15, 0.2) is 24.3 Å². The van der Waals surface area contributed by atoms with Gasteiger partial charge in [-0.3, -0.25) is 0 Å². The Labute approximate surface area is 183 Å². The van der Waals surface area contributed by atoms with Gasteiger partial charge in [-0.25, -0.2) is 18.4 Å². The van der Waals surface area contributed by atoms with Crippen molar-refractivity contribution in [2.24, 2.45) is 0 Å². The molecule has 1 aromatic carbocycles. The van der Waals surface area contributed by atoms with Gasteiger partial charge in [0.25, 0.3) is 0 Å². The lowest BCUT2D eigenvalue weighted by Crippen LogP contribution is -2.44. The molecular weight excluding hydrogens is 414 g/mol. The molecule has 2 aliphatic heterocycles. The van der Waals surface area contributed by atoms with Crippen molar-refractivity contribution in [3.8, 4) is 17.1 Å². The number of aromatic nitrogens is 2. The fourth-order valence-corrected chi connectivity index (χ4v) is 6.60. The molecule has 0 radical (unpaired) electrons. The molecule has 2 aromatic rings. The summed E-state index contributed by atoms with van der Waals surface area (Å²) in [7, 11) is -1.55. The summed E-state index contributed by atoms with van der Waals surface area (Å²) in [5, 5.41) is -0.571. The van der Waals surface area contributed by atoms with Crippen molar-refractivity contribution < 1.29 is 17.9 Å². The van der Waals surface area contributed by atoms with Gasteiger partial charge < -0.3 is 14.4 Å². The van der Waals surface area contributed by atoms with Gasteiger partial charge in [0, 0.05) is 18.2 Å². The third-order valence-electron chi connectivity index (χ3n) is 6.39. The van der Waals surface area contributed by atoms with Crippen LogP contribution in [0, 0.1) is 0 Å². The van der Waals surface area contributed by atoms with Crippen LogP contribution in [0.5, 0.6) is 5.75 Å². The topological polar surface area (TPSA) is 81.6 Å². The lowest BCUT2D eigenvalue weighted by Gasteiger charge is -2.34. The second kappa shape index (κ2) is 7.91. The highest BCUT2D eigenvalue weighted by Gasteiger charge is 2.35. The first kappa shape index (κ1) is 20.5. The predicted octanol–water partition coefficient (Wildman–Crippen LogP) is 3.20. The number of allylic oxidation sites excluding steroid dienone is 1. The number of sulfone groups is 1. The fourth-order valence-electron chi connectivity index (χ4n) is 4.73. The Morgan fingerprint density at radius 3 is 2.84 bits per heavy atom. The molecule has 0 N–H and O–H groups in total. The molecule has 0 saturated carbocycles. The number of nitrogens with zero attached hydrogens (tertiary/aromatic N) is 3. The molecule has 1 unspecified atom stereocenters. The van der Waals surface area contributed by atoms with Gasteiger partial charge in [0.1, 0.15) is 16.8 Å². The zero-order chi connectivity index (χ0) is 21.6. The Bertz CT molecular complexity index is 1150. The number of anilines is 1. The molecular formula is C23H27N3O4S. The molecule has 0 spiro atoms. The minimum Gasteiger partial charge on any atom is -0.497 e. The van der Waals surface area contributed by atoms with Gasteiger partial charge in [0.2, 0.25) is 0 Å². The SMILES string of the molecule is COc1cc2c(c(-c3nc(C4CCCS4(=O)=O)cc(N4CCOC[C@H]4C)n3)c1)C=CC2. The number of hydrogen-bond donors (Lipinski definition) is 0. The Balaban J connectivity index is 1.69. The van der Waals surface area contributed by atoms with E-state index in [4.69, 9.17) is 19.4 Å². The highest BCUT2D eigenvalue weighted by atomic mass is 32.2. The minimum atomic E-state index is -3.20. The van der Waals surface area contributed by atoms with Crippen LogP contribution in [-0.2, 0) is 21.0 Å². The van der Waals surface area contributed by atoms with Crippen LogP contribution >= 0.6 is 0 Å². The van der Waals surface area contributed by atoms with Crippen molar-refractivity contribution in [2.45, 2.75) is 37.5 Å². The molecule has 3 heterocycles. The van der Waals surface area contributed by atoms with E-state index in [2.05, 4.69) is 24.0 Å². The van der Waals surface area contributed by atoms with E-state index in [-0.39, 0.29) is 11.8 Å². The number of ether oxygens (including phenoxy) is 2. The zero-order valence-electron chi connectivity index (χ0n) is 17.9. The summed E-state index contributed by atoms with van der Waals surface area (Å²) < 4.78 is 36.6. The quantitative estimate of drug-likeness (QED) is 0.721. The summed E-state index contributed by atoms with van der Waals surface area (Å²) in [6.07, 6.45) is 6.32. The van der Waals surface area contributed by atoms with Gasteiger partial charge in [-0.15, -0.1) is 0 Å². The lowest BCUT2D eigenvalue weighted by molar-refractivity contribution is 0.0985. The molecule has 164 valence electrons. The van der Waals surface area contributed by atoms with E-state index in [9.17, 15) is 8.42 Å². The first-order valence-corrected chi connectivity index (χ1v) is 12.5. The molecule has 3 aliphatic rings. The summed E-state index contributed by atoms with van der Waals surface area (Å²) in [5.74, 6) is 2.28. The van der Waals surface area contributed by atoms with Crippen molar-refractivity contribution in [3.63, 3.8) is 0 Å². The Morgan fingerprint density at radius 2 is 2.10 bits per heavy atom. The largest absolute Gasteiger partial charge is 0.497 e. The maximum atomic E-state index is 12.7. The van der Waals surface area contributed by atoms with Crippen LogP contribution in [0.25, 0.3) is 17.5 Å². The van der Waals surface area contributed by atoms with Crippen LogP contribution in [0.1, 0.15) is 41.8 Å². The molecule has 0 bridgehead atoms. The second-order valence-electron chi connectivity index (χ2n) is 8.44. The van der Waals surface area contributed by atoms with E-state index in [1.807, 2.05) is 18.2 Å². The highest BCUT2D eigenvalue weighted by Crippen LogP contribution is 2.38. The van der Waals surface area contributed by atoms with Crippen LogP contribution < -0.4 is 9.64 Å². The summed E-state index contributed by atoms with van der Waals surface area (Å²) in [5.41, 5.74) is 3.71. The molecule has 2 atom stereocenters. The number of morpholine rings is 1.